The molecule has 0 saturated heterocycles. The smallest absolute Gasteiger partial charge is 0.357 e. The molecule has 0 aliphatic carbocycles. The minimum atomic E-state index is -1.58. The average molecular weight is 382 g/mol. The van der Waals surface area contributed by atoms with Gasteiger partial charge in [0.2, 0.25) is 0 Å². The van der Waals surface area contributed by atoms with E-state index in [0.717, 1.165) is 16.8 Å². The number of carboxylic acid groups (broad SMARTS) is 1. The van der Waals surface area contributed by atoms with Gasteiger partial charge in [-0.15, -0.1) is 0 Å². The minimum Gasteiger partial charge on any atom is -0.476 e. The first kappa shape index (κ1) is 13.8. The van der Waals surface area contributed by atoms with Crippen molar-refractivity contribution < 1.29 is 23.1 Å². The third-order valence-corrected chi connectivity index (χ3v) is 3.75. The van der Waals surface area contributed by atoms with Crippen LogP contribution in [0.25, 0.3) is 5.69 Å². The van der Waals surface area contributed by atoms with E-state index < -0.39 is 23.4 Å². The van der Waals surface area contributed by atoms with E-state index in [9.17, 15) is 18.0 Å². The lowest BCUT2D eigenvalue weighted by Crippen LogP contribution is -2.04. The zero-order chi connectivity index (χ0) is 14.3. The van der Waals surface area contributed by atoms with Gasteiger partial charge in [0, 0.05) is 12.1 Å². The van der Waals surface area contributed by atoms with E-state index in [1.54, 1.807) is 29.5 Å². The number of nitrogens with zero attached hydrogens (tertiary/aromatic N) is 2. The molecule has 0 unspecified atom stereocenters. The van der Waals surface area contributed by atoms with Crippen LogP contribution < -0.4 is 0 Å². The summed E-state index contributed by atoms with van der Waals surface area (Å²) in [5.74, 6) is -5.57. The molecule has 0 amide bonds. The van der Waals surface area contributed by atoms with Crippen molar-refractivity contribution in [2.24, 2.45) is 0 Å². The highest BCUT2D eigenvalue weighted by Gasteiger charge is 2.20. The molecule has 2 aromatic rings. The summed E-state index contributed by atoms with van der Waals surface area (Å²) < 4.78 is 40.6. The fourth-order valence-corrected chi connectivity index (χ4v) is 2.10. The first-order chi connectivity index (χ1) is 8.82. The minimum absolute atomic E-state index is 0.0840. The molecule has 1 aromatic carbocycles. The number of benzene rings is 1. The van der Waals surface area contributed by atoms with Crippen LogP contribution in [0.2, 0.25) is 0 Å². The number of rotatable bonds is 2. The molecule has 0 radical (unpaired) electrons. The Labute approximate surface area is 119 Å². The molecular weight excluding hydrogens is 376 g/mol. The van der Waals surface area contributed by atoms with Crippen LogP contribution in [-0.4, -0.2) is 20.9 Å². The Morgan fingerprint density at radius 2 is 1.84 bits per heavy atom. The predicted molar refractivity (Wildman–Crippen MR) is 67.9 cm³/mol. The zero-order valence-corrected chi connectivity index (χ0v) is 11.6. The molecule has 2 rings (SSSR count). The lowest BCUT2D eigenvalue weighted by atomic mass is 10.3. The van der Waals surface area contributed by atoms with Crippen molar-refractivity contribution in [1.29, 1.82) is 0 Å². The quantitative estimate of drug-likeness (QED) is 0.642. The van der Waals surface area contributed by atoms with Gasteiger partial charge in [-0.05, 0) is 29.5 Å². The topological polar surface area (TPSA) is 55.1 Å². The molecule has 0 fully saturated rings. The van der Waals surface area contributed by atoms with Crippen molar-refractivity contribution in [2.45, 2.75) is 6.92 Å². The second-order valence-electron chi connectivity index (χ2n) is 3.69. The number of aromatic nitrogens is 2. The van der Waals surface area contributed by atoms with Crippen LogP contribution in [0.15, 0.2) is 12.1 Å². The van der Waals surface area contributed by atoms with Crippen molar-refractivity contribution in [2.75, 3.05) is 0 Å². The van der Waals surface area contributed by atoms with Gasteiger partial charge in [0.05, 0.1) is 15.0 Å². The summed E-state index contributed by atoms with van der Waals surface area (Å²) in [6, 6.07) is 1.50. The summed E-state index contributed by atoms with van der Waals surface area (Å²) in [6.07, 6.45) is 0. The first-order valence-corrected chi connectivity index (χ1v) is 6.04. The SMILES string of the molecule is Cc1c(I)c(C(=O)O)nn1-c1cc(F)c(F)c(F)c1. The number of aromatic carboxylic acids is 1. The lowest BCUT2D eigenvalue weighted by Gasteiger charge is -2.05. The Kier molecular flexibility index (Phi) is 3.52. The van der Waals surface area contributed by atoms with Gasteiger partial charge in [0.15, 0.2) is 23.1 Å². The van der Waals surface area contributed by atoms with Crippen LogP contribution >= 0.6 is 22.6 Å². The largest absolute Gasteiger partial charge is 0.476 e. The number of carbonyl (C=O) groups is 1. The third-order valence-electron chi connectivity index (χ3n) is 2.46. The van der Waals surface area contributed by atoms with Crippen molar-refractivity contribution >= 4 is 28.6 Å². The standard InChI is InChI=1S/C11H6F3IN2O2/c1-4-9(15)10(11(18)19)16-17(4)5-2-6(12)8(14)7(13)3-5/h2-3H,1H3,(H,18,19). The Morgan fingerprint density at radius 1 is 1.32 bits per heavy atom. The maximum atomic E-state index is 13.1. The molecule has 1 heterocycles. The van der Waals surface area contributed by atoms with Gasteiger partial charge >= 0.3 is 5.97 Å². The summed E-state index contributed by atoms with van der Waals surface area (Å²) in [7, 11) is 0. The lowest BCUT2D eigenvalue weighted by molar-refractivity contribution is 0.0689. The Morgan fingerprint density at radius 3 is 2.26 bits per heavy atom. The van der Waals surface area contributed by atoms with Gasteiger partial charge in [-0.25, -0.2) is 22.6 Å². The fourth-order valence-electron chi connectivity index (χ4n) is 1.54. The summed E-state index contributed by atoms with van der Waals surface area (Å²) in [5, 5.41) is 12.7. The second-order valence-corrected chi connectivity index (χ2v) is 4.77. The number of hydrogen-bond acceptors (Lipinski definition) is 2. The molecule has 100 valence electrons. The van der Waals surface area contributed by atoms with Crippen molar-refractivity contribution in [3.63, 3.8) is 0 Å². The van der Waals surface area contributed by atoms with E-state index in [0.29, 0.717) is 9.26 Å². The van der Waals surface area contributed by atoms with Gasteiger partial charge in [-0.1, -0.05) is 0 Å². The van der Waals surface area contributed by atoms with Crippen molar-refractivity contribution in [1.82, 2.24) is 9.78 Å². The van der Waals surface area contributed by atoms with E-state index in [1.165, 1.54) is 0 Å². The van der Waals surface area contributed by atoms with Gasteiger partial charge in [0.25, 0.3) is 0 Å². The molecule has 0 aliphatic rings. The van der Waals surface area contributed by atoms with Crippen LogP contribution in [0, 0.1) is 27.9 Å². The van der Waals surface area contributed by atoms with E-state index in [-0.39, 0.29) is 11.4 Å². The maximum absolute atomic E-state index is 13.1. The molecule has 0 spiro atoms. The molecule has 19 heavy (non-hydrogen) atoms. The average Bonchev–Trinajstić information content (AvgIpc) is 2.63. The highest BCUT2D eigenvalue weighted by Crippen LogP contribution is 2.22. The second kappa shape index (κ2) is 4.83. The van der Waals surface area contributed by atoms with Crippen LogP contribution in [0.5, 0.6) is 0 Å². The van der Waals surface area contributed by atoms with Crippen LogP contribution in [0.1, 0.15) is 16.2 Å². The molecule has 0 saturated carbocycles. The molecule has 1 N–H and O–H groups in total. The zero-order valence-electron chi connectivity index (χ0n) is 9.42. The number of hydrogen-bond donors (Lipinski definition) is 1. The van der Waals surface area contributed by atoms with E-state index in [2.05, 4.69) is 5.10 Å². The van der Waals surface area contributed by atoms with Crippen molar-refractivity contribution in [3.05, 3.63) is 44.5 Å². The van der Waals surface area contributed by atoms with Gasteiger partial charge in [0.1, 0.15) is 0 Å². The number of halogens is 4. The van der Waals surface area contributed by atoms with Crippen molar-refractivity contribution in [3.8, 4) is 5.69 Å². The fraction of sp³-hybridized carbons (Fsp3) is 0.0909. The molecular formula is C11H6F3IN2O2. The first-order valence-electron chi connectivity index (χ1n) is 4.96. The Balaban J connectivity index is 2.66. The maximum Gasteiger partial charge on any atom is 0.357 e. The summed E-state index contributed by atoms with van der Waals surface area (Å²) >= 11 is 1.77. The van der Waals surface area contributed by atoms with Gasteiger partial charge in [-0.2, -0.15) is 5.10 Å². The highest BCUT2D eigenvalue weighted by atomic mass is 127. The molecule has 0 bridgehead atoms. The molecule has 1 aromatic heterocycles. The molecule has 4 nitrogen and oxygen atoms in total. The number of carboxylic acids is 1. The summed E-state index contributed by atoms with van der Waals surface area (Å²) in [4.78, 5) is 10.9. The van der Waals surface area contributed by atoms with E-state index >= 15 is 0 Å². The Hall–Kier alpha value is -1.58. The van der Waals surface area contributed by atoms with Crippen LogP contribution in [-0.2, 0) is 0 Å². The van der Waals surface area contributed by atoms with Gasteiger partial charge < -0.3 is 5.11 Å². The summed E-state index contributed by atoms with van der Waals surface area (Å²) in [6.45, 7) is 1.54. The Bertz CT molecular complexity index is 662. The molecule has 0 atom stereocenters. The van der Waals surface area contributed by atoms with Crippen LogP contribution in [0.4, 0.5) is 13.2 Å². The molecule has 0 aliphatic heterocycles. The predicted octanol–water partition coefficient (Wildman–Crippen LogP) is 2.90. The van der Waals surface area contributed by atoms with E-state index in [4.69, 9.17) is 5.11 Å². The summed E-state index contributed by atoms with van der Waals surface area (Å²) in [5.41, 5.74) is 0.0750. The molecule has 8 heteroatoms. The highest BCUT2D eigenvalue weighted by molar-refractivity contribution is 14.1. The van der Waals surface area contributed by atoms with E-state index in [1.807, 2.05) is 0 Å². The third kappa shape index (κ3) is 2.31. The normalized spacial score (nSPS) is 10.8. The van der Waals surface area contributed by atoms with Crippen LogP contribution in [0.3, 0.4) is 0 Å². The van der Waals surface area contributed by atoms with Gasteiger partial charge in [-0.3, -0.25) is 0 Å². The monoisotopic (exact) mass is 382 g/mol.